The average Bonchev–Trinajstić information content (AvgIpc) is 3.51. The monoisotopic (exact) mass is 947 g/mol. The Hall–Kier alpha value is -1.28. The Labute approximate surface area is 401 Å². The van der Waals surface area contributed by atoms with Gasteiger partial charge in [0.2, 0.25) is 0 Å². The number of amides is 2. The zero-order chi connectivity index (χ0) is 44.6. The van der Waals surface area contributed by atoms with Crippen molar-refractivity contribution in [2.24, 2.45) is 0 Å². The third-order valence-corrected chi connectivity index (χ3v) is 13.5. The van der Waals surface area contributed by atoms with Crippen molar-refractivity contribution in [3.8, 4) is 0 Å². The molecule has 1 aliphatic heterocycles. The SMILES string of the molecule is CCCCCCCCCCCCCCCCCCCCOCC(C[N+](C)(C)CCCN1C(=O)c2ccccc2C1=O)OCCCCCCCCCCCCCCCCCCCC.[Br-]. The molecule has 0 radical (unpaired) electrons. The lowest BCUT2D eigenvalue weighted by Crippen LogP contribution is -3.00. The van der Waals surface area contributed by atoms with Gasteiger partial charge in [0, 0.05) is 26.2 Å². The van der Waals surface area contributed by atoms with Gasteiger partial charge in [0.15, 0.2) is 0 Å². The summed E-state index contributed by atoms with van der Waals surface area (Å²) < 4.78 is 13.6. The van der Waals surface area contributed by atoms with E-state index in [1.165, 1.54) is 223 Å². The van der Waals surface area contributed by atoms with Gasteiger partial charge in [-0.05, 0) is 25.0 Å². The molecule has 6 nitrogen and oxygen atoms in total. The molecule has 1 heterocycles. The van der Waals surface area contributed by atoms with Crippen LogP contribution in [0.5, 0.6) is 0 Å². The van der Waals surface area contributed by atoms with E-state index in [0.717, 1.165) is 50.0 Å². The molecule has 2 amide bonds. The lowest BCUT2D eigenvalue weighted by atomic mass is 10.0. The predicted octanol–water partition coefficient (Wildman–Crippen LogP) is 13.2. The summed E-state index contributed by atoms with van der Waals surface area (Å²) in [6.07, 6.45) is 50.7. The Kier molecular flexibility index (Phi) is 39.9. The van der Waals surface area contributed by atoms with Crippen molar-refractivity contribution in [1.82, 2.24) is 4.90 Å². The number of nitrogens with zero attached hydrogens (tertiary/aromatic N) is 2. The first-order chi connectivity index (χ1) is 30.4. The van der Waals surface area contributed by atoms with E-state index in [-0.39, 0.29) is 34.9 Å². The quantitative estimate of drug-likeness (QED) is 0.0371. The number of hydrogen-bond acceptors (Lipinski definition) is 4. The number of benzene rings is 1. The van der Waals surface area contributed by atoms with Crippen LogP contribution in [-0.4, -0.2) is 80.9 Å². The molecular weight excluding hydrogens is 845 g/mol. The lowest BCUT2D eigenvalue weighted by molar-refractivity contribution is -0.893. The summed E-state index contributed by atoms with van der Waals surface area (Å²) in [7, 11) is 4.49. The van der Waals surface area contributed by atoms with Crippen LogP contribution in [0.25, 0.3) is 0 Å². The molecule has 0 N–H and O–H groups in total. The molecular formula is C56H103BrN2O4. The number of carbonyl (C=O) groups is 2. The predicted molar refractivity (Wildman–Crippen MR) is 266 cm³/mol. The van der Waals surface area contributed by atoms with Crippen LogP contribution in [-0.2, 0) is 9.47 Å². The van der Waals surface area contributed by atoms with Gasteiger partial charge in [-0.1, -0.05) is 244 Å². The molecule has 0 aromatic heterocycles. The molecule has 0 aliphatic carbocycles. The van der Waals surface area contributed by atoms with Crippen molar-refractivity contribution in [3.63, 3.8) is 0 Å². The van der Waals surface area contributed by atoms with E-state index >= 15 is 0 Å². The first kappa shape index (κ1) is 59.7. The molecule has 7 heteroatoms. The highest BCUT2D eigenvalue weighted by molar-refractivity contribution is 6.21. The van der Waals surface area contributed by atoms with Crippen LogP contribution < -0.4 is 17.0 Å². The summed E-state index contributed by atoms with van der Waals surface area (Å²) >= 11 is 0. The van der Waals surface area contributed by atoms with Gasteiger partial charge < -0.3 is 30.9 Å². The van der Waals surface area contributed by atoms with E-state index in [1.54, 1.807) is 12.1 Å². The Balaban J connectivity index is 0.0000198. The first-order valence-corrected chi connectivity index (χ1v) is 27.4. The smallest absolute Gasteiger partial charge is 0.261 e. The number of unbranched alkanes of at least 4 members (excludes halogenated alkanes) is 34. The molecule has 63 heavy (non-hydrogen) atoms. The fourth-order valence-corrected chi connectivity index (χ4v) is 9.47. The third-order valence-electron chi connectivity index (χ3n) is 13.5. The van der Waals surface area contributed by atoms with Gasteiger partial charge in [0.25, 0.3) is 11.8 Å². The Morgan fingerprint density at radius 1 is 0.460 bits per heavy atom. The number of halogens is 1. The summed E-state index contributed by atoms with van der Waals surface area (Å²) in [6.45, 7) is 9.02. The van der Waals surface area contributed by atoms with Gasteiger partial charge in [-0.2, -0.15) is 0 Å². The second-order valence-corrected chi connectivity index (χ2v) is 20.1. The number of fused-ring (bicyclic) bond motifs is 1. The molecule has 1 aromatic carbocycles. The molecule has 0 bridgehead atoms. The molecule has 0 saturated heterocycles. The molecule has 0 fully saturated rings. The van der Waals surface area contributed by atoms with Crippen molar-refractivity contribution < 1.29 is 40.5 Å². The summed E-state index contributed by atoms with van der Waals surface area (Å²) in [6, 6.07) is 7.19. The van der Waals surface area contributed by atoms with E-state index in [9.17, 15) is 9.59 Å². The molecule has 2 rings (SSSR count). The van der Waals surface area contributed by atoms with Crippen molar-refractivity contribution >= 4 is 11.8 Å². The van der Waals surface area contributed by atoms with E-state index in [4.69, 9.17) is 9.47 Å². The maximum Gasteiger partial charge on any atom is 0.261 e. The van der Waals surface area contributed by atoms with Crippen LogP contribution in [0.1, 0.15) is 272 Å². The highest BCUT2D eigenvalue weighted by atomic mass is 79.9. The number of carbonyl (C=O) groups excluding carboxylic acids is 2. The normalized spacial score (nSPS) is 13.2. The lowest BCUT2D eigenvalue weighted by Gasteiger charge is -2.34. The Morgan fingerprint density at radius 3 is 1.13 bits per heavy atom. The molecule has 0 saturated carbocycles. The van der Waals surface area contributed by atoms with Crippen molar-refractivity contribution in [2.75, 3.05) is 53.6 Å². The highest BCUT2D eigenvalue weighted by Crippen LogP contribution is 2.23. The van der Waals surface area contributed by atoms with Gasteiger partial charge in [0.1, 0.15) is 12.6 Å². The summed E-state index contributed by atoms with van der Waals surface area (Å²) in [5.74, 6) is -0.316. The van der Waals surface area contributed by atoms with Crippen molar-refractivity contribution in [2.45, 2.75) is 258 Å². The topological polar surface area (TPSA) is 55.8 Å². The number of imide groups is 1. The molecule has 1 atom stereocenters. The first-order valence-electron chi connectivity index (χ1n) is 27.4. The van der Waals surface area contributed by atoms with Crippen LogP contribution in [0.2, 0.25) is 0 Å². The van der Waals surface area contributed by atoms with Crippen molar-refractivity contribution in [3.05, 3.63) is 35.4 Å². The van der Waals surface area contributed by atoms with Gasteiger partial charge >= 0.3 is 0 Å². The number of ether oxygens (including phenoxy) is 2. The van der Waals surface area contributed by atoms with Crippen LogP contribution >= 0.6 is 0 Å². The minimum atomic E-state index is -0.158. The van der Waals surface area contributed by atoms with Crippen LogP contribution in [0.4, 0.5) is 0 Å². The second kappa shape index (κ2) is 42.1. The van der Waals surface area contributed by atoms with Crippen LogP contribution in [0, 0.1) is 0 Å². The van der Waals surface area contributed by atoms with Gasteiger partial charge in [-0.25, -0.2) is 0 Å². The van der Waals surface area contributed by atoms with Crippen LogP contribution in [0.15, 0.2) is 24.3 Å². The molecule has 1 unspecified atom stereocenters. The van der Waals surface area contributed by atoms with Gasteiger partial charge in [0.05, 0.1) is 38.4 Å². The molecule has 1 aliphatic rings. The maximum atomic E-state index is 12.9. The third kappa shape index (κ3) is 32.1. The van der Waals surface area contributed by atoms with Gasteiger partial charge in [-0.3, -0.25) is 14.5 Å². The zero-order valence-corrected chi connectivity index (χ0v) is 43.8. The summed E-state index contributed by atoms with van der Waals surface area (Å²) in [4.78, 5) is 27.2. The Morgan fingerprint density at radius 2 is 0.778 bits per heavy atom. The zero-order valence-electron chi connectivity index (χ0n) is 42.2. The number of hydrogen-bond donors (Lipinski definition) is 0. The van der Waals surface area contributed by atoms with Crippen LogP contribution in [0.3, 0.4) is 0 Å². The fourth-order valence-electron chi connectivity index (χ4n) is 9.47. The standard InChI is InChI=1S/C56H103N2O4.BrH/c1-5-7-9-11-13-15-17-19-21-23-25-27-29-31-33-35-37-41-48-61-51-52(50-58(3,4)47-43-46-57-55(59)53-44-39-40-45-54(53)56(57)60)62-49-42-38-36-34-32-30-28-26-24-22-20-18-16-14-12-10-8-6-2;/h39-40,44-45,52H,5-38,41-43,46-51H2,1-4H3;1H/q+1;/p-1. The second-order valence-electron chi connectivity index (χ2n) is 20.1. The minimum absolute atomic E-state index is 0. The fraction of sp³-hybridized carbons (Fsp3) is 0.857. The van der Waals surface area contributed by atoms with E-state index in [2.05, 4.69) is 27.9 Å². The van der Waals surface area contributed by atoms with E-state index in [1.807, 2.05) is 12.1 Å². The number of likely N-dealkylation sites (N-methyl/N-ethyl adjacent to an activating group) is 1. The molecule has 0 spiro atoms. The molecule has 368 valence electrons. The largest absolute Gasteiger partial charge is 1.00 e. The summed E-state index contributed by atoms with van der Waals surface area (Å²) in [5, 5.41) is 0. The number of quaternary nitrogens is 1. The Bertz CT molecular complexity index is 1160. The summed E-state index contributed by atoms with van der Waals surface area (Å²) in [5.41, 5.74) is 1.07. The molecule has 1 aromatic rings. The van der Waals surface area contributed by atoms with E-state index < -0.39 is 0 Å². The number of rotatable bonds is 47. The van der Waals surface area contributed by atoms with E-state index in [0.29, 0.717) is 24.3 Å². The highest BCUT2D eigenvalue weighted by Gasteiger charge is 2.35. The van der Waals surface area contributed by atoms with Gasteiger partial charge in [-0.15, -0.1) is 0 Å². The average molecular weight is 948 g/mol. The van der Waals surface area contributed by atoms with Crippen molar-refractivity contribution in [1.29, 1.82) is 0 Å². The minimum Gasteiger partial charge on any atom is -1.00 e. The maximum absolute atomic E-state index is 12.9.